The number of phenolic OH excluding ortho intramolecular Hbond substituents is 1. The summed E-state index contributed by atoms with van der Waals surface area (Å²) >= 11 is 0. The number of phenols is 1. The van der Waals surface area contributed by atoms with Gasteiger partial charge in [0, 0.05) is 17.4 Å². The van der Waals surface area contributed by atoms with Gasteiger partial charge < -0.3 is 20.1 Å². The maximum Gasteiger partial charge on any atom is 0.178 e. The number of rotatable bonds is 4. The van der Waals surface area contributed by atoms with E-state index >= 15 is 0 Å². The van der Waals surface area contributed by atoms with Crippen molar-refractivity contribution in [3.63, 3.8) is 0 Å². The summed E-state index contributed by atoms with van der Waals surface area (Å²) in [5.74, 6) is -2.44. The molecule has 0 saturated heterocycles. The van der Waals surface area contributed by atoms with Gasteiger partial charge in [0.1, 0.15) is 11.4 Å². The van der Waals surface area contributed by atoms with Crippen molar-refractivity contribution in [2.45, 2.75) is 38.7 Å². The number of aromatic hydroxyl groups is 1. The molecule has 29 heavy (non-hydrogen) atoms. The Morgan fingerprint density at radius 2 is 1.90 bits per heavy atom. The number of ketones is 2. The summed E-state index contributed by atoms with van der Waals surface area (Å²) < 4.78 is 5.16. The summed E-state index contributed by atoms with van der Waals surface area (Å²) in [5, 5.41) is 31.4. The Morgan fingerprint density at radius 3 is 2.52 bits per heavy atom. The van der Waals surface area contributed by atoms with Crippen LogP contribution in [0.1, 0.15) is 38.7 Å². The van der Waals surface area contributed by atoms with Crippen molar-refractivity contribution in [1.82, 2.24) is 0 Å². The van der Waals surface area contributed by atoms with Crippen LogP contribution in [0.3, 0.4) is 0 Å². The summed E-state index contributed by atoms with van der Waals surface area (Å²) in [6.07, 6.45) is 6.78. The lowest BCUT2D eigenvalue weighted by molar-refractivity contribution is -0.170. The van der Waals surface area contributed by atoms with Crippen molar-refractivity contribution < 1.29 is 29.6 Å². The van der Waals surface area contributed by atoms with E-state index in [1.807, 2.05) is 6.92 Å². The van der Waals surface area contributed by atoms with Gasteiger partial charge >= 0.3 is 0 Å². The number of Topliss-reactive ketones (excluding diaryl/α,β-unsaturated/α-hetero) is 2. The molecule has 3 fully saturated rings. The van der Waals surface area contributed by atoms with Crippen LogP contribution in [0, 0.1) is 11.3 Å². The highest BCUT2D eigenvalue weighted by atomic mass is 16.5. The number of hydrogen-bond donors (Lipinski definition) is 3. The topological polar surface area (TPSA) is 104 Å². The van der Waals surface area contributed by atoms with E-state index in [0.29, 0.717) is 12.0 Å². The number of aliphatic hydroxyl groups excluding tert-OH is 1. The normalized spacial score (nSPS) is 33.7. The molecule has 0 radical (unpaired) electrons. The van der Waals surface area contributed by atoms with Crippen LogP contribution in [0.2, 0.25) is 0 Å². The molecule has 2 bridgehead atoms. The number of allylic oxidation sites excluding steroid dienone is 4. The Hall–Kier alpha value is -2.86. The van der Waals surface area contributed by atoms with Crippen LogP contribution in [0.5, 0.6) is 11.5 Å². The number of hydrogen-bond acceptors (Lipinski definition) is 6. The van der Waals surface area contributed by atoms with Gasteiger partial charge in [0.15, 0.2) is 23.1 Å². The Labute approximate surface area is 169 Å². The van der Waals surface area contributed by atoms with Gasteiger partial charge in [-0.05, 0) is 51.0 Å². The average Bonchev–Trinajstić information content (AvgIpc) is 2.68. The molecule has 0 aromatic heterocycles. The van der Waals surface area contributed by atoms with Gasteiger partial charge in [0.2, 0.25) is 0 Å². The molecule has 1 aromatic rings. The lowest BCUT2D eigenvalue weighted by Crippen LogP contribution is -2.66. The Kier molecular flexibility index (Phi) is 5.17. The largest absolute Gasteiger partial charge is 0.508 e. The highest BCUT2D eigenvalue weighted by Crippen LogP contribution is 2.60. The summed E-state index contributed by atoms with van der Waals surface area (Å²) in [4.78, 5) is 26.6. The first-order chi connectivity index (χ1) is 13.6. The molecule has 1 unspecified atom stereocenters. The minimum Gasteiger partial charge on any atom is -0.508 e. The van der Waals surface area contributed by atoms with E-state index in [-0.39, 0.29) is 22.8 Å². The zero-order chi connectivity index (χ0) is 21.6. The molecule has 1 aromatic carbocycles. The number of fused-ring (bicyclic) bond motifs is 3. The third-order valence-corrected chi connectivity index (χ3v) is 6.28. The van der Waals surface area contributed by atoms with Crippen molar-refractivity contribution in [1.29, 1.82) is 0 Å². The van der Waals surface area contributed by atoms with Gasteiger partial charge in [-0.3, -0.25) is 9.59 Å². The molecule has 3 N–H and O–H groups in total. The fraction of sp³-hybridized carbons (Fsp3) is 0.391. The Morgan fingerprint density at radius 1 is 1.21 bits per heavy atom. The fourth-order valence-electron chi connectivity index (χ4n) is 4.66. The SMILES string of the molecule is C/C=C/C=C/C(O)=C1/C(=O)[C@]2(C)C(=O)C(C)(O)[C@H]1C[C@@H]2c1ccc(O)c(OC)c1. The van der Waals surface area contributed by atoms with Crippen LogP contribution in [0.15, 0.2) is 53.8 Å². The van der Waals surface area contributed by atoms with E-state index in [4.69, 9.17) is 4.74 Å². The smallest absolute Gasteiger partial charge is 0.178 e. The quantitative estimate of drug-likeness (QED) is 0.311. The number of aliphatic hydroxyl groups is 2. The Bertz CT molecular complexity index is 952. The number of carbonyl (C=O) groups is 2. The average molecular weight is 398 g/mol. The van der Waals surface area contributed by atoms with Crippen molar-refractivity contribution >= 4 is 11.6 Å². The van der Waals surface area contributed by atoms with Gasteiger partial charge in [-0.25, -0.2) is 0 Å². The van der Waals surface area contributed by atoms with Gasteiger partial charge in [-0.1, -0.05) is 24.3 Å². The zero-order valence-electron chi connectivity index (χ0n) is 17.0. The highest BCUT2D eigenvalue weighted by molar-refractivity contribution is 6.21. The van der Waals surface area contributed by atoms with Crippen molar-refractivity contribution in [3.8, 4) is 11.5 Å². The second kappa shape index (κ2) is 7.19. The van der Waals surface area contributed by atoms with Crippen LogP contribution in [-0.4, -0.2) is 39.6 Å². The lowest BCUT2D eigenvalue weighted by atomic mass is 9.46. The highest BCUT2D eigenvalue weighted by Gasteiger charge is 2.68. The number of carbonyl (C=O) groups excluding carboxylic acids is 2. The van der Waals surface area contributed by atoms with Gasteiger partial charge in [0.25, 0.3) is 0 Å². The van der Waals surface area contributed by atoms with E-state index in [9.17, 15) is 24.9 Å². The van der Waals surface area contributed by atoms with Crippen molar-refractivity contribution in [2.75, 3.05) is 7.11 Å². The van der Waals surface area contributed by atoms with Crippen molar-refractivity contribution in [3.05, 3.63) is 59.4 Å². The third-order valence-electron chi connectivity index (χ3n) is 6.28. The van der Waals surface area contributed by atoms with Crippen LogP contribution >= 0.6 is 0 Å². The first-order valence-corrected chi connectivity index (χ1v) is 9.52. The molecule has 6 nitrogen and oxygen atoms in total. The monoisotopic (exact) mass is 398 g/mol. The van der Waals surface area contributed by atoms with E-state index in [1.165, 1.54) is 33.1 Å². The summed E-state index contributed by atoms with van der Waals surface area (Å²) in [5.41, 5.74) is -2.57. The standard InChI is InChI=1S/C23H26O6/c1-5-6-7-8-17(25)19-15-12-14(13-9-10-16(24)18(11-13)29-4)22(2,20(19)26)21(27)23(15,3)28/h5-11,14-15,24-25,28H,12H2,1-4H3/b6-5+,8-7+,19-17-/t14-,15+,22-,23?/m1/s1. The minimum absolute atomic E-state index is 0.0423. The predicted molar refractivity (Wildman–Crippen MR) is 108 cm³/mol. The summed E-state index contributed by atoms with van der Waals surface area (Å²) in [7, 11) is 1.42. The molecule has 0 heterocycles. The molecule has 4 rings (SSSR count). The molecule has 154 valence electrons. The molecule has 4 atom stereocenters. The van der Waals surface area contributed by atoms with E-state index in [2.05, 4.69) is 0 Å². The van der Waals surface area contributed by atoms with Crippen LogP contribution in [-0.2, 0) is 9.59 Å². The second-order valence-corrected chi connectivity index (χ2v) is 7.96. The maximum atomic E-state index is 13.4. The first-order valence-electron chi connectivity index (χ1n) is 9.52. The molecule has 3 aliphatic carbocycles. The van der Waals surface area contributed by atoms with Crippen LogP contribution < -0.4 is 4.74 Å². The molecule has 6 heteroatoms. The predicted octanol–water partition coefficient (Wildman–Crippen LogP) is 3.36. The van der Waals surface area contributed by atoms with Gasteiger partial charge in [-0.15, -0.1) is 0 Å². The number of ether oxygens (including phenoxy) is 1. The van der Waals surface area contributed by atoms with E-state index < -0.39 is 34.4 Å². The number of benzene rings is 1. The molecular weight excluding hydrogens is 372 g/mol. The van der Waals surface area contributed by atoms with E-state index in [0.717, 1.165) is 0 Å². The fourth-order valence-corrected chi connectivity index (χ4v) is 4.66. The molecule has 3 saturated carbocycles. The molecule has 3 aliphatic rings. The summed E-state index contributed by atoms with van der Waals surface area (Å²) in [6.45, 7) is 4.75. The Balaban J connectivity index is 2.16. The number of methoxy groups -OCH3 is 1. The van der Waals surface area contributed by atoms with Gasteiger partial charge in [-0.2, -0.15) is 0 Å². The second-order valence-electron chi connectivity index (χ2n) is 7.96. The molecule has 0 amide bonds. The first kappa shape index (κ1) is 20.9. The minimum atomic E-state index is -1.77. The van der Waals surface area contributed by atoms with Crippen LogP contribution in [0.25, 0.3) is 0 Å². The third kappa shape index (κ3) is 2.99. The molecule has 0 aliphatic heterocycles. The van der Waals surface area contributed by atoms with Crippen molar-refractivity contribution in [2.24, 2.45) is 11.3 Å². The lowest BCUT2D eigenvalue weighted by Gasteiger charge is -2.55. The van der Waals surface area contributed by atoms with E-state index in [1.54, 1.807) is 30.4 Å². The maximum absolute atomic E-state index is 13.4. The van der Waals surface area contributed by atoms with Crippen LogP contribution in [0.4, 0.5) is 0 Å². The zero-order valence-corrected chi connectivity index (χ0v) is 17.0. The molecule has 0 spiro atoms. The van der Waals surface area contributed by atoms with Gasteiger partial charge in [0.05, 0.1) is 12.5 Å². The summed E-state index contributed by atoms with van der Waals surface area (Å²) in [6, 6.07) is 4.72. The molecular formula is C23H26O6.